The van der Waals surface area contributed by atoms with Gasteiger partial charge in [0.05, 0.1) is 19.0 Å². The molecule has 0 saturated carbocycles. The van der Waals surface area contributed by atoms with E-state index in [1.54, 1.807) is 56.2 Å². The standard InChI is InChI=1S/3C3H4N2.3ClH.V/c3*1-2-5-3-4-1;;;;/h3*1-3H,(H,4,5);3*1H;/q;;;;;;+3/p-3. The molecule has 0 aromatic carbocycles. The number of nitrogens with zero attached hydrogens (tertiary/aromatic N) is 3. The molecule has 3 aromatic heterocycles. The third-order valence-electron chi connectivity index (χ3n) is 1.22. The fourth-order valence-corrected chi connectivity index (χ4v) is 0.645. The summed E-state index contributed by atoms with van der Waals surface area (Å²) in [4.78, 5) is 19.2. The molecule has 3 N–H and O–H groups in total. The van der Waals surface area contributed by atoms with Crippen LogP contribution in [0.2, 0.25) is 0 Å². The summed E-state index contributed by atoms with van der Waals surface area (Å²) in [6, 6.07) is 0. The van der Waals surface area contributed by atoms with Crippen LogP contribution in [0, 0.1) is 0 Å². The van der Waals surface area contributed by atoms with Crippen molar-refractivity contribution in [2.75, 3.05) is 0 Å². The third kappa shape index (κ3) is 19.6. The van der Waals surface area contributed by atoms with Gasteiger partial charge in [-0.3, -0.25) is 0 Å². The van der Waals surface area contributed by atoms with Crippen LogP contribution in [0.5, 0.6) is 0 Å². The summed E-state index contributed by atoms with van der Waals surface area (Å²) in [5.41, 5.74) is 0. The number of imidazole rings is 3. The van der Waals surface area contributed by atoms with Crippen molar-refractivity contribution in [2.24, 2.45) is 0 Å². The molecule has 0 bridgehead atoms. The molecule has 0 unspecified atom stereocenters. The largest absolute Gasteiger partial charge is 0.351 e. The van der Waals surface area contributed by atoms with Crippen LogP contribution in [0.4, 0.5) is 0 Å². The average Bonchev–Trinajstić information content (AvgIpc) is 3.18. The van der Waals surface area contributed by atoms with Gasteiger partial charge < -0.3 is 15.0 Å². The number of aromatic nitrogens is 6. The van der Waals surface area contributed by atoms with Crippen LogP contribution in [-0.4, -0.2) is 29.9 Å². The van der Waals surface area contributed by atoms with Crippen molar-refractivity contribution in [3.8, 4) is 0 Å². The maximum atomic E-state index is 4.95. The smallest absolute Gasteiger partial charge is 0.0919 e. The van der Waals surface area contributed by atoms with E-state index in [9.17, 15) is 0 Å². The van der Waals surface area contributed by atoms with Crippen molar-refractivity contribution in [3.63, 3.8) is 0 Å². The fourth-order valence-electron chi connectivity index (χ4n) is 0.645. The second-order valence-electron chi connectivity index (χ2n) is 2.47. The maximum absolute atomic E-state index is 4.95. The molecular weight excluding hydrogens is 349 g/mol. The van der Waals surface area contributed by atoms with Crippen LogP contribution < -0.4 is 0 Å². The number of rotatable bonds is 0. The van der Waals surface area contributed by atoms with Gasteiger partial charge in [-0.1, -0.05) is 0 Å². The average molecular weight is 362 g/mol. The van der Waals surface area contributed by atoms with Crippen LogP contribution in [0.25, 0.3) is 0 Å². The van der Waals surface area contributed by atoms with E-state index in [0.29, 0.717) is 0 Å². The molecule has 3 aromatic rings. The van der Waals surface area contributed by atoms with Crippen molar-refractivity contribution in [1.29, 1.82) is 0 Å². The van der Waals surface area contributed by atoms with E-state index < -0.39 is 12.3 Å². The maximum Gasteiger partial charge on any atom is 0.0919 e. The SMILES string of the molecule is [Cl][V]([Cl])[Cl].c1c[nH]cn1.c1c[nH]cn1.c1c[nH]cn1. The van der Waals surface area contributed by atoms with Gasteiger partial charge in [-0.15, -0.1) is 0 Å². The Kier molecular flexibility index (Phi) is 14.4. The molecule has 0 aliphatic carbocycles. The summed E-state index contributed by atoms with van der Waals surface area (Å²) in [5.74, 6) is 0. The molecule has 0 spiro atoms. The summed E-state index contributed by atoms with van der Waals surface area (Å²) in [6.07, 6.45) is 15.2. The molecule has 0 amide bonds. The number of aromatic amines is 3. The van der Waals surface area contributed by atoms with Gasteiger partial charge in [0.2, 0.25) is 0 Å². The summed E-state index contributed by atoms with van der Waals surface area (Å²) >= 11 is -1.77. The Morgan fingerprint density at radius 3 is 0.947 bits per heavy atom. The van der Waals surface area contributed by atoms with Crippen molar-refractivity contribution in [1.82, 2.24) is 29.9 Å². The number of hydrogen-bond acceptors (Lipinski definition) is 3. The Bertz CT molecular complexity index is 300. The second kappa shape index (κ2) is 15.1. The Morgan fingerprint density at radius 1 is 0.632 bits per heavy atom. The van der Waals surface area contributed by atoms with E-state index in [1.807, 2.05) is 0 Å². The van der Waals surface area contributed by atoms with Gasteiger partial charge in [0, 0.05) is 37.2 Å². The first-order valence-corrected chi connectivity index (χ1v) is 10.6. The number of halogens is 3. The normalized spacial score (nSPS) is 8.21. The Balaban J connectivity index is 0.000000229. The third-order valence-corrected chi connectivity index (χ3v) is 1.22. The zero-order valence-corrected chi connectivity index (χ0v) is 13.3. The Labute approximate surface area is 127 Å². The summed E-state index contributed by atoms with van der Waals surface area (Å²) in [6.45, 7) is 0. The first-order valence-electron chi connectivity index (χ1n) is 4.79. The number of nitrogens with one attached hydrogen (secondary N) is 3. The molecule has 0 aliphatic rings. The monoisotopic (exact) mass is 360 g/mol. The predicted octanol–water partition coefficient (Wildman–Crippen LogP) is 3.30. The topological polar surface area (TPSA) is 86.0 Å². The minimum absolute atomic E-state index is 1.62. The second-order valence-corrected chi connectivity index (χ2v) is 9.39. The van der Waals surface area contributed by atoms with Crippen LogP contribution >= 0.6 is 29.5 Å². The molecule has 0 fully saturated rings. The van der Waals surface area contributed by atoms with Crippen molar-refractivity contribution in [3.05, 3.63) is 56.2 Å². The first kappa shape index (κ1) is 18.1. The van der Waals surface area contributed by atoms with E-state index >= 15 is 0 Å². The zero-order valence-electron chi connectivity index (χ0n) is 9.62. The Hall–Kier alpha value is -0.916. The van der Waals surface area contributed by atoms with Gasteiger partial charge in [-0.2, -0.15) is 0 Å². The molecule has 19 heavy (non-hydrogen) atoms. The van der Waals surface area contributed by atoms with Gasteiger partial charge in [0.15, 0.2) is 0 Å². The first-order chi connectivity index (χ1) is 9.23. The van der Waals surface area contributed by atoms with Gasteiger partial charge in [0.1, 0.15) is 0 Å². The number of hydrogen-bond donors (Lipinski definition) is 3. The van der Waals surface area contributed by atoms with Crippen molar-refractivity contribution >= 4 is 29.5 Å². The molecule has 6 nitrogen and oxygen atoms in total. The zero-order chi connectivity index (χ0) is 14.2. The van der Waals surface area contributed by atoms with Gasteiger partial charge in [0.25, 0.3) is 0 Å². The van der Waals surface area contributed by atoms with Crippen LogP contribution in [-0.2, 0) is 12.3 Å². The fraction of sp³-hybridized carbons (Fsp3) is 0. The van der Waals surface area contributed by atoms with Crippen LogP contribution in [0.15, 0.2) is 56.2 Å². The van der Waals surface area contributed by atoms with Gasteiger partial charge in [-0.05, 0) is 0 Å². The van der Waals surface area contributed by atoms with Crippen molar-refractivity contribution < 1.29 is 12.3 Å². The number of H-pyrrole nitrogens is 3. The minimum atomic E-state index is -1.77. The molecule has 0 atom stereocenters. The molecule has 104 valence electrons. The quantitative estimate of drug-likeness (QED) is 0.574. The molecule has 10 heteroatoms. The minimum Gasteiger partial charge on any atom is -0.351 e. The van der Waals surface area contributed by atoms with Gasteiger partial charge >= 0.3 is 41.8 Å². The summed E-state index contributed by atoms with van der Waals surface area (Å²) in [7, 11) is 14.9. The summed E-state index contributed by atoms with van der Waals surface area (Å²) < 4.78 is 0. The van der Waals surface area contributed by atoms with E-state index in [0.717, 1.165) is 0 Å². The predicted molar refractivity (Wildman–Crippen MR) is 73.3 cm³/mol. The molecule has 3 heterocycles. The van der Waals surface area contributed by atoms with Crippen LogP contribution in [0.3, 0.4) is 0 Å². The molecule has 0 aliphatic heterocycles. The summed E-state index contributed by atoms with van der Waals surface area (Å²) in [5, 5.41) is 0. The molecule has 0 saturated heterocycles. The molecule has 0 radical (unpaired) electrons. The van der Waals surface area contributed by atoms with Gasteiger partial charge in [-0.25, -0.2) is 15.0 Å². The van der Waals surface area contributed by atoms with E-state index in [2.05, 4.69) is 29.9 Å². The van der Waals surface area contributed by atoms with Crippen LogP contribution in [0.1, 0.15) is 0 Å². The molecule has 3 rings (SSSR count). The molecular formula is C9H12Cl3N6V. The van der Waals surface area contributed by atoms with E-state index in [4.69, 9.17) is 29.5 Å². The van der Waals surface area contributed by atoms with E-state index in [1.165, 1.54) is 0 Å². The van der Waals surface area contributed by atoms with E-state index in [-0.39, 0.29) is 0 Å². The Morgan fingerprint density at radius 2 is 0.895 bits per heavy atom. The van der Waals surface area contributed by atoms with Crippen molar-refractivity contribution in [2.45, 2.75) is 0 Å².